The third-order valence-corrected chi connectivity index (χ3v) is 5.38. The summed E-state index contributed by atoms with van der Waals surface area (Å²) in [6, 6.07) is 8.12. The Balaban J connectivity index is 1.55. The fourth-order valence-electron chi connectivity index (χ4n) is 3.51. The zero-order valence-electron chi connectivity index (χ0n) is 17.6. The van der Waals surface area contributed by atoms with Crippen LogP contribution in [0, 0.1) is 0 Å². The Morgan fingerprint density at radius 3 is 2.52 bits per heavy atom. The molecule has 29 heavy (non-hydrogen) atoms. The minimum atomic E-state index is -0.396. The molecular weight excluding hydrogens is 390 g/mol. The lowest BCUT2D eigenvalue weighted by molar-refractivity contribution is 0.266. The van der Waals surface area contributed by atoms with Gasteiger partial charge in [-0.15, -0.1) is 0 Å². The van der Waals surface area contributed by atoms with Crippen LogP contribution >= 0.6 is 11.6 Å². The summed E-state index contributed by atoms with van der Waals surface area (Å²) in [5.74, 6) is 0.907. The van der Waals surface area contributed by atoms with E-state index in [-0.39, 0.29) is 5.56 Å². The lowest BCUT2D eigenvalue weighted by atomic mass is 10.1. The molecule has 1 aromatic carbocycles. The number of anilines is 2. The van der Waals surface area contributed by atoms with Gasteiger partial charge in [0.15, 0.2) is 0 Å². The molecular formula is C21H30ClN5O2. The van der Waals surface area contributed by atoms with Crippen molar-refractivity contribution in [3.05, 3.63) is 45.8 Å². The first-order valence-corrected chi connectivity index (χ1v) is 10.3. The van der Waals surface area contributed by atoms with Gasteiger partial charge in [0.25, 0.3) is 5.56 Å². The molecule has 1 aromatic heterocycles. The van der Waals surface area contributed by atoms with E-state index in [1.807, 2.05) is 39.0 Å². The van der Waals surface area contributed by atoms with Crippen LogP contribution in [-0.2, 0) is 5.54 Å². The van der Waals surface area contributed by atoms with E-state index in [1.165, 1.54) is 10.9 Å². The second-order valence-electron chi connectivity index (χ2n) is 8.18. The summed E-state index contributed by atoms with van der Waals surface area (Å²) >= 11 is 6.22. The van der Waals surface area contributed by atoms with Crippen molar-refractivity contribution in [3.63, 3.8) is 0 Å². The second-order valence-corrected chi connectivity index (χ2v) is 8.59. The first-order valence-electron chi connectivity index (χ1n) is 9.94. The molecule has 1 N–H and O–H groups in total. The highest BCUT2D eigenvalue weighted by Gasteiger charge is 2.21. The fourth-order valence-corrected chi connectivity index (χ4v) is 3.71. The SMILES string of the molecule is COc1ccccc1N1CCN(CCNc2c(Cl)cnn(C(C)(C)C)c2=O)CC1. The van der Waals surface area contributed by atoms with E-state index < -0.39 is 5.54 Å². The molecule has 7 nitrogen and oxygen atoms in total. The minimum Gasteiger partial charge on any atom is -0.495 e. The molecule has 2 aromatic rings. The molecule has 0 saturated carbocycles. The van der Waals surface area contributed by atoms with Crippen molar-refractivity contribution in [2.24, 2.45) is 0 Å². The Kier molecular flexibility index (Phi) is 6.70. The van der Waals surface area contributed by atoms with Gasteiger partial charge in [-0.25, -0.2) is 4.68 Å². The number of halogens is 1. The number of hydrogen-bond donors (Lipinski definition) is 1. The Morgan fingerprint density at radius 2 is 1.86 bits per heavy atom. The molecule has 3 rings (SSSR count). The molecule has 8 heteroatoms. The van der Waals surface area contributed by atoms with Gasteiger partial charge in [0.1, 0.15) is 11.4 Å². The van der Waals surface area contributed by atoms with E-state index in [0.29, 0.717) is 17.3 Å². The maximum absolute atomic E-state index is 12.7. The Morgan fingerprint density at radius 1 is 1.17 bits per heavy atom. The number of para-hydroxylation sites is 2. The average Bonchev–Trinajstić information content (AvgIpc) is 2.70. The summed E-state index contributed by atoms with van der Waals surface area (Å²) in [6.07, 6.45) is 1.53. The predicted octanol–water partition coefficient (Wildman–Crippen LogP) is 2.89. The third-order valence-electron chi connectivity index (χ3n) is 5.09. The van der Waals surface area contributed by atoms with Crippen molar-refractivity contribution in [1.82, 2.24) is 14.7 Å². The molecule has 0 bridgehead atoms. The van der Waals surface area contributed by atoms with Crippen molar-refractivity contribution in [1.29, 1.82) is 0 Å². The number of rotatable bonds is 6. The lowest BCUT2D eigenvalue weighted by Gasteiger charge is -2.36. The van der Waals surface area contributed by atoms with Crippen LogP contribution in [0.2, 0.25) is 5.02 Å². The first kappa shape index (κ1) is 21.5. The van der Waals surface area contributed by atoms with Gasteiger partial charge in [0, 0.05) is 39.3 Å². The maximum Gasteiger partial charge on any atom is 0.292 e. The van der Waals surface area contributed by atoms with E-state index in [9.17, 15) is 4.79 Å². The molecule has 0 unspecified atom stereocenters. The van der Waals surface area contributed by atoms with Crippen LogP contribution in [-0.4, -0.2) is 61.1 Å². The van der Waals surface area contributed by atoms with E-state index in [0.717, 1.165) is 44.2 Å². The van der Waals surface area contributed by atoms with E-state index in [1.54, 1.807) is 7.11 Å². The molecule has 0 aliphatic carbocycles. The molecule has 0 atom stereocenters. The van der Waals surface area contributed by atoms with E-state index in [2.05, 4.69) is 26.3 Å². The van der Waals surface area contributed by atoms with Crippen molar-refractivity contribution in [2.75, 3.05) is 56.6 Å². The highest BCUT2D eigenvalue weighted by atomic mass is 35.5. The number of hydrogen-bond acceptors (Lipinski definition) is 6. The van der Waals surface area contributed by atoms with Crippen LogP contribution in [0.15, 0.2) is 35.3 Å². The molecule has 2 heterocycles. The van der Waals surface area contributed by atoms with Crippen molar-refractivity contribution in [2.45, 2.75) is 26.3 Å². The lowest BCUT2D eigenvalue weighted by Crippen LogP contribution is -2.48. The number of benzene rings is 1. The Bertz CT molecular complexity index is 885. The van der Waals surface area contributed by atoms with E-state index in [4.69, 9.17) is 16.3 Å². The minimum absolute atomic E-state index is 0.189. The molecule has 1 fully saturated rings. The van der Waals surface area contributed by atoms with Crippen LogP contribution in [0.5, 0.6) is 5.75 Å². The third kappa shape index (κ3) is 5.03. The Hall–Kier alpha value is -2.25. The van der Waals surface area contributed by atoms with Gasteiger partial charge in [-0.2, -0.15) is 5.10 Å². The molecule has 0 radical (unpaired) electrons. The van der Waals surface area contributed by atoms with Crippen LogP contribution in [0.3, 0.4) is 0 Å². The maximum atomic E-state index is 12.7. The number of ether oxygens (including phenoxy) is 1. The van der Waals surface area contributed by atoms with Crippen molar-refractivity contribution >= 4 is 23.0 Å². The molecule has 1 saturated heterocycles. The normalized spacial score (nSPS) is 15.4. The molecule has 158 valence electrons. The zero-order chi connectivity index (χ0) is 21.0. The van der Waals surface area contributed by atoms with Crippen LogP contribution in [0.1, 0.15) is 20.8 Å². The number of nitrogens with zero attached hydrogens (tertiary/aromatic N) is 4. The molecule has 0 amide bonds. The summed E-state index contributed by atoms with van der Waals surface area (Å²) in [4.78, 5) is 17.4. The van der Waals surface area contributed by atoms with E-state index >= 15 is 0 Å². The highest BCUT2D eigenvalue weighted by Crippen LogP contribution is 2.28. The number of aromatic nitrogens is 2. The summed E-state index contributed by atoms with van der Waals surface area (Å²) in [6.45, 7) is 11.1. The fraction of sp³-hybridized carbons (Fsp3) is 0.524. The van der Waals surface area contributed by atoms with Gasteiger partial charge < -0.3 is 15.0 Å². The summed E-state index contributed by atoms with van der Waals surface area (Å²) < 4.78 is 6.95. The monoisotopic (exact) mass is 419 g/mol. The topological polar surface area (TPSA) is 62.6 Å². The van der Waals surface area contributed by atoms with Gasteiger partial charge in [-0.1, -0.05) is 23.7 Å². The number of methoxy groups -OCH3 is 1. The highest BCUT2D eigenvalue weighted by molar-refractivity contribution is 6.33. The number of piperazine rings is 1. The van der Waals surface area contributed by atoms with Gasteiger partial charge in [-0.05, 0) is 32.9 Å². The van der Waals surface area contributed by atoms with Crippen LogP contribution < -0.4 is 20.5 Å². The van der Waals surface area contributed by atoms with Gasteiger partial charge >= 0.3 is 0 Å². The van der Waals surface area contributed by atoms with Gasteiger partial charge in [0.05, 0.1) is 29.6 Å². The standard InChI is InChI=1S/C21H30ClN5O2/c1-21(2,3)27-20(28)19(16(22)15-24-27)23-9-10-25-11-13-26(14-12-25)17-7-5-6-8-18(17)29-4/h5-8,15,23H,9-14H2,1-4H3. The van der Waals surface area contributed by atoms with Crippen molar-refractivity contribution in [3.8, 4) is 5.75 Å². The zero-order valence-corrected chi connectivity index (χ0v) is 18.4. The summed E-state index contributed by atoms with van der Waals surface area (Å²) in [5.41, 5.74) is 0.974. The molecule has 1 aliphatic rings. The van der Waals surface area contributed by atoms with Crippen molar-refractivity contribution < 1.29 is 4.74 Å². The summed E-state index contributed by atoms with van der Waals surface area (Å²) in [7, 11) is 1.71. The Labute approximate surface area is 177 Å². The summed E-state index contributed by atoms with van der Waals surface area (Å²) in [5, 5.41) is 7.74. The van der Waals surface area contributed by atoms with Crippen LogP contribution in [0.25, 0.3) is 0 Å². The quantitative estimate of drug-likeness (QED) is 0.776. The largest absolute Gasteiger partial charge is 0.495 e. The number of nitrogens with one attached hydrogen (secondary N) is 1. The van der Waals surface area contributed by atoms with Gasteiger partial charge in [-0.3, -0.25) is 9.69 Å². The predicted molar refractivity (Wildman–Crippen MR) is 119 cm³/mol. The van der Waals surface area contributed by atoms with Crippen LogP contribution in [0.4, 0.5) is 11.4 Å². The second kappa shape index (κ2) is 9.05. The van der Waals surface area contributed by atoms with Gasteiger partial charge in [0.2, 0.25) is 0 Å². The first-order chi connectivity index (χ1) is 13.8. The smallest absolute Gasteiger partial charge is 0.292 e. The molecule has 0 spiro atoms. The average molecular weight is 420 g/mol. The molecule has 1 aliphatic heterocycles.